The van der Waals surface area contributed by atoms with Crippen LogP contribution in [-0.2, 0) is 4.43 Å². The van der Waals surface area contributed by atoms with Gasteiger partial charge in [-0.1, -0.05) is 26.8 Å². The minimum atomic E-state index is -1.47. The summed E-state index contributed by atoms with van der Waals surface area (Å²) in [4.78, 5) is 2.67. The lowest BCUT2D eigenvalue weighted by molar-refractivity contribution is 0.116. The van der Waals surface area contributed by atoms with Crippen LogP contribution in [0.5, 0.6) is 0 Å². The first kappa shape index (κ1) is 15.3. The first-order valence-electron chi connectivity index (χ1n) is 8.25. The van der Waals surface area contributed by atoms with Crippen molar-refractivity contribution < 1.29 is 4.43 Å². The fourth-order valence-corrected chi connectivity index (χ4v) is 6.66. The molecule has 2 saturated heterocycles. The highest BCUT2D eigenvalue weighted by atomic mass is 28.4. The Morgan fingerprint density at radius 2 is 1.95 bits per heavy atom. The van der Waals surface area contributed by atoms with Crippen LogP contribution < -0.4 is 0 Å². The summed E-state index contributed by atoms with van der Waals surface area (Å²) in [5.74, 6) is 0. The molecule has 0 bridgehead atoms. The van der Waals surface area contributed by atoms with Crippen molar-refractivity contribution in [2.45, 2.75) is 77.2 Å². The van der Waals surface area contributed by atoms with Gasteiger partial charge < -0.3 is 4.43 Å². The molecular weight excluding hydrogens is 250 g/mol. The van der Waals surface area contributed by atoms with E-state index in [2.05, 4.69) is 38.7 Å². The van der Waals surface area contributed by atoms with Gasteiger partial charge in [0.05, 0.1) is 6.10 Å². The van der Waals surface area contributed by atoms with E-state index < -0.39 is 8.32 Å². The number of allylic oxidation sites excluding steroid dienone is 1. The van der Waals surface area contributed by atoms with Crippen LogP contribution in [0, 0.1) is 0 Å². The summed E-state index contributed by atoms with van der Waals surface area (Å²) in [7, 11) is -1.47. The number of hydrogen-bond donors (Lipinski definition) is 0. The van der Waals surface area contributed by atoms with Gasteiger partial charge in [-0.15, -0.1) is 0 Å². The van der Waals surface area contributed by atoms with Crippen molar-refractivity contribution in [2.75, 3.05) is 13.1 Å². The van der Waals surface area contributed by atoms with Crippen LogP contribution >= 0.6 is 0 Å². The zero-order chi connectivity index (χ0) is 13.9. The van der Waals surface area contributed by atoms with E-state index in [1.54, 1.807) is 5.57 Å². The van der Waals surface area contributed by atoms with Gasteiger partial charge in [-0.05, 0) is 56.4 Å². The maximum absolute atomic E-state index is 6.78. The van der Waals surface area contributed by atoms with E-state index in [1.807, 2.05) is 0 Å². The lowest BCUT2D eigenvalue weighted by Crippen LogP contribution is -2.48. The summed E-state index contributed by atoms with van der Waals surface area (Å²) in [6, 6.07) is 4.59. The highest BCUT2D eigenvalue weighted by Gasteiger charge is 2.39. The Hall–Kier alpha value is -0.123. The molecule has 2 fully saturated rings. The van der Waals surface area contributed by atoms with E-state index in [0.29, 0.717) is 6.10 Å². The molecule has 0 amide bonds. The summed E-state index contributed by atoms with van der Waals surface area (Å²) in [6.07, 6.45) is 6.76. The lowest BCUT2D eigenvalue weighted by Gasteiger charge is -2.41. The lowest BCUT2D eigenvalue weighted by atomic mass is 9.95. The molecule has 2 rings (SSSR count). The van der Waals surface area contributed by atoms with Crippen LogP contribution in [0.1, 0.15) is 47.0 Å². The van der Waals surface area contributed by atoms with Gasteiger partial charge in [0.2, 0.25) is 0 Å². The third-order valence-corrected chi connectivity index (χ3v) is 10.1. The predicted molar refractivity (Wildman–Crippen MR) is 85.0 cm³/mol. The number of nitrogens with zero attached hydrogens (tertiary/aromatic N) is 1. The first-order chi connectivity index (χ1) is 9.18. The quantitative estimate of drug-likeness (QED) is 0.553. The highest BCUT2D eigenvalue weighted by molar-refractivity contribution is 6.73. The minimum absolute atomic E-state index is 0.427. The second-order valence-corrected chi connectivity index (χ2v) is 10.9. The number of rotatable bonds is 5. The Morgan fingerprint density at radius 3 is 2.53 bits per heavy atom. The van der Waals surface area contributed by atoms with Gasteiger partial charge in [0.25, 0.3) is 0 Å². The average molecular weight is 282 g/mol. The Balaban J connectivity index is 2.09. The molecule has 3 heteroatoms. The molecule has 0 radical (unpaired) electrons. The molecule has 0 aliphatic carbocycles. The van der Waals surface area contributed by atoms with Crippen LogP contribution in [0.4, 0.5) is 0 Å². The van der Waals surface area contributed by atoms with E-state index in [1.165, 1.54) is 43.9 Å². The van der Waals surface area contributed by atoms with Crippen LogP contribution in [-0.4, -0.2) is 38.5 Å². The molecule has 0 N–H and O–H groups in total. The average Bonchev–Trinajstić information content (AvgIpc) is 2.91. The summed E-state index contributed by atoms with van der Waals surface area (Å²) in [5, 5.41) is 0. The van der Waals surface area contributed by atoms with Gasteiger partial charge in [-0.3, -0.25) is 4.90 Å². The number of piperidine rings is 1. The molecular formula is C16H31NOSi. The van der Waals surface area contributed by atoms with Crippen LogP contribution in [0.25, 0.3) is 0 Å². The highest BCUT2D eigenvalue weighted by Crippen LogP contribution is 2.35. The van der Waals surface area contributed by atoms with E-state index in [0.717, 1.165) is 12.6 Å². The van der Waals surface area contributed by atoms with Gasteiger partial charge in [-0.25, -0.2) is 0 Å². The normalized spacial score (nSPS) is 30.8. The van der Waals surface area contributed by atoms with Crippen molar-refractivity contribution in [3.8, 4) is 0 Å². The van der Waals surface area contributed by atoms with E-state index in [-0.39, 0.29) is 0 Å². The zero-order valence-corrected chi connectivity index (χ0v) is 14.2. The van der Waals surface area contributed by atoms with Gasteiger partial charge >= 0.3 is 0 Å². The maximum atomic E-state index is 6.78. The van der Waals surface area contributed by atoms with Crippen LogP contribution in [0.2, 0.25) is 18.1 Å². The smallest absolute Gasteiger partial charge is 0.192 e. The molecule has 2 aliphatic heterocycles. The monoisotopic (exact) mass is 281 g/mol. The molecule has 2 nitrogen and oxygen atoms in total. The van der Waals surface area contributed by atoms with Crippen LogP contribution in [0.15, 0.2) is 11.6 Å². The molecule has 0 aromatic heterocycles. The molecule has 0 aromatic rings. The van der Waals surface area contributed by atoms with Crippen molar-refractivity contribution in [3.63, 3.8) is 0 Å². The fourth-order valence-electron chi connectivity index (χ4n) is 3.81. The Morgan fingerprint density at radius 1 is 1.26 bits per heavy atom. The van der Waals surface area contributed by atoms with Crippen molar-refractivity contribution in [3.05, 3.63) is 11.6 Å². The molecule has 0 spiro atoms. The summed E-state index contributed by atoms with van der Waals surface area (Å²) in [5.41, 5.74) is 1.55. The van der Waals surface area contributed by atoms with Crippen molar-refractivity contribution in [2.24, 2.45) is 0 Å². The number of fused-ring (bicyclic) bond motifs is 1. The number of hydrogen-bond acceptors (Lipinski definition) is 2. The molecule has 110 valence electrons. The molecule has 0 unspecified atom stereocenters. The third kappa shape index (κ3) is 3.14. The standard InChI is InChI=1S/C16H31NOSi/c1-5-14-13-17-11-9-10-15(17)12-16(14)18-19(6-2,7-3)8-4/h5,15-16H,6-13H2,1-4H3/b14-5+/t15-,16-/m0/s1. The molecule has 2 heterocycles. The minimum Gasteiger partial charge on any atom is -0.410 e. The predicted octanol–water partition coefficient (Wildman–Crippen LogP) is 4.19. The first-order valence-corrected chi connectivity index (χ1v) is 10.8. The van der Waals surface area contributed by atoms with Crippen LogP contribution in [0.3, 0.4) is 0 Å². The summed E-state index contributed by atoms with van der Waals surface area (Å²) >= 11 is 0. The fraction of sp³-hybridized carbons (Fsp3) is 0.875. The van der Waals surface area contributed by atoms with Crippen molar-refractivity contribution >= 4 is 8.32 Å². The summed E-state index contributed by atoms with van der Waals surface area (Å²) < 4.78 is 6.78. The topological polar surface area (TPSA) is 12.5 Å². The zero-order valence-electron chi connectivity index (χ0n) is 13.2. The van der Waals surface area contributed by atoms with Crippen molar-refractivity contribution in [1.29, 1.82) is 0 Å². The molecule has 0 aromatic carbocycles. The maximum Gasteiger partial charge on any atom is 0.192 e. The third-order valence-electron chi connectivity index (χ3n) is 5.48. The molecule has 19 heavy (non-hydrogen) atoms. The SMILES string of the molecule is C/C=C1\CN2CCC[C@H]2C[C@@H]1O[Si](CC)(CC)CC. The van der Waals surface area contributed by atoms with Gasteiger partial charge in [0.1, 0.15) is 0 Å². The molecule has 0 saturated carbocycles. The van der Waals surface area contributed by atoms with E-state index in [4.69, 9.17) is 4.43 Å². The molecule has 2 atom stereocenters. The van der Waals surface area contributed by atoms with E-state index >= 15 is 0 Å². The van der Waals surface area contributed by atoms with E-state index in [9.17, 15) is 0 Å². The largest absolute Gasteiger partial charge is 0.410 e. The summed E-state index contributed by atoms with van der Waals surface area (Å²) in [6.45, 7) is 11.6. The second-order valence-electron chi connectivity index (χ2n) is 6.22. The second kappa shape index (κ2) is 6.55. The Bertz CT molecular complexity index is 316. The van der Waals surface area contributed by atoms with Gasteiger partial charge in [0, 0.05) is 12.6 Å². The Labute approximate surface area is 120 Å². The van der Waals surface area contributed by atoms with Gasteiger partial charge in [0.15, 0.2) is 8.32 Å². The Kier molecular flexibility index (Phi) is 5.27. The van der Waals surface area contributed by atoms with Crippen molar-refractivity contribution in [1.82, 2.24) is 4.90 Å². The van der Waals surface area contributed by atoms with Gasteiger partial charge in [-0.2, -0.15) is 0 Å². The molecule has 2 aliphatic rings.